The SMILES string of the molecule is CC(C)(C)NCc1ccc(Br)cc1-n1cccn1. The lowest BCUT2D eigenvalue weighted by Gasteiger charge is -2.21. The molecule has 0 saturated carbocycles. The third-order valence-corrected chi connectivity index (χ3v) is 3.10. The largest absolute Gasteiger partial charge is 0.308 e. The molecule has 1 N–H and O–H groups in total. The summed E-state index contributed by atoms with van der Waals surface area (Å²) in [5.41, 5.74) is 2.44. The molecule has 2 aromatic rings. The molecule has 0 aliphatic carbocycles. The molecule has 18 heavy (non-hydrogen) atoms. The summed E-state index contributed by atoms with van der Waals surface area (Å²) in [6, 6.07) is 8.21. The Hall–Kier alpha value is -1.13. The monoisotopic (exact) mass is 307 g/mol. The van der Waals surface area contributed by atoms with Gasteiger partial charge < -0.3 is 5.32 Å². The second-order valence-corrected chi connectivity index (χ2v) is 6.24. The highest BCUT2D eigenvalue weighted by Crippen LogP contribution is 2.20. The summed E-state index contributed by atoms with van der Waals surface area (Å²) in [4.78, 5) is 0. The maximum atomic E-state index is 4.30. The summed E-state index contributed by atoms with van der Waals surface area (Å²) >= 11 is 3.51. The van der Waals surface area contributed by atoms with Gasteiger partial charge in [-0.1, -0.05) is 22.0 Å². The van der Waals surface area contributed by atoms with Gasteiger partial charge in [-0.25, -0.2) is 4.68 Å². The normalized spacial score (nSPS) is 11.8. The molecule has 2 rings (SSSR count). The highest BCUT2D eigenvalue weighted by Gasteiger charge is 2.11. The van der Waals surface area contributed by atoms with Crippen LogP contribution in [-0.2, 0) is 6.54 Å². The second kappa shape index (κ2) is 5.24. The van der Waals surface area contributed by atoms with Crippen LogP contribution in [0.25, 0.3) is 5.69 Å². The van der Waals surface area contributed by atoms with Gasteiger partial charge in [0, 0.05) is 29.0 Å². The van der Waals surface area contributed by atoms with Gasteiger partial charge in [0.1, 0.15) is 0 Å². The standard InChI is InChI=1S/C14H18BrN3/c1-14(2,3)16-10-11-5-6-12(15)9-13(11)18-8-4-7-17-18/h4-9,16H,10H2,1-3H3. The first kappa shape index (κ1) is 13.3. The second-order valence-electron chi connectivity index (χ2n) is 5.33. The number of benzene rings is 1. The number of rotatable bonds is 3. The van der Waals surface area contributed by atoms with E-state index in [1.165, 1.54) is 5.56 Å². The first-order valence-corrected chi connectivity index (χ1v) is 6.78. The van der Waals surface area contributed by atoms with E-state index in [0.29, 0.717) is 0 Å². The van der Waals surface area contributed by atoms with Crippen LogP contribution in [0.4, 0.5) is 0 Å². The smallest absolute Gasteiger partial charge is 0.0701 e. The average Bonchev–Trinajstić information content (AvgIpc) is 2.79. The lowest BCUT2D eigenvalue weighted by molar-refractivity contribution is 0.424. The number of nitrogens with zero attached hydrogens (tertiary/aromatic N) is 2. The first-order chi connectivity index (χ1) is 8.46. The highest BCUT2D eigenvalue weighted by molar-refractivity contribution is 9.10. The van der Waals surface area contributed by atoms with Crippen LogP contribution in [0, 0.1) is 0 Å². The van der Waals surface area contributed by atoms with Crippen molar-refractivity contribution in [3.05, 3.63) is 46.7 Å². The molecular weight excluding hydrogens is 290 g/mol. The van der Waals surface area contributed by atoms with Crippen LogP contribution >= 0.6 is 15.9 Å². The minimum Gasteiger partial charge on any atom is -0.308 e. The third kappa shape index (κ3) is 3.43. The Labute approximate surface area is 116 Å². The Balaban J connectivity index is 2.30. The summed E-state index contributed by atoms with van der Waals surface area (Å²) in [7, 11) is 0. The molecule has 0 spiro atoms. The summed E-state index contributed by atoms with van der Waals surface area (Å²) < 4.78 is 2.96. The van der Waals surface area contributed by atoms with Crippen LogP contribution in [0.2, 0.25) is 0 Å². The van der Waals surface area contributed by atoms with Crippen molar-refractivity contribution in [3.63, 3.8) is 0 Å². The predicted octanol–water partition coefficient (Wildman–Crippen LogP) is 3.52. The molecule has 1 heterocycles. The average molecular weight is 308 g/mol. The fourth-order valence-electron chi connectivity index (χ4n) is 1.67. The molecule has 96 valence electrons. The summed E-state index contributed by atoms with van der Waals surface area (Å²) in [5, 5.41) is 7.80. The minimum atomic E-state index is 0.106. The Kier molecular flexibility index (Phi) is 3.88. The van der Waals surface area contributed by atoms with Crippen molar-refractivity contribution in [3.8, 4) is 5.69 Å². The van der Waals surface area contributed by atoms with E-state index >= 15 is 0 Å². The third-order valence-electron chi connectivity index (χ3n) is 2.61. The minimum absolute atomic E-state index is 0.106. The summed E-state index contributed by atoms with van der Waals surface area (Å²) in [6.07, 6.45) is 3.75. The van der Waals surface area contributed by atoms with Gasteiger partial charge in [0.15, 0.2) is 0 Å². The number of hydrogen-bond donors (Lipinski definition) is 1. The molecule has 0 fully saturated rings. The zero-order chi connectivity index (χ0) is 13.2. The van der Waals surface area contributed by atoms with Crippen molar-refractivity contribution in [1.82, 2.24) is 15.1 Å². The Bertz CT molecular complexity index is 512. The van der Waals surface area contributed by atoms with Crippen LogP contribution in [0.1, 0.15) is 26.3 Å². The Morgan fingerprint density at radius 1 is 1.33 bits per heavy atom. The van der Waals surface area contributed by atoms with Crippen molar-refractivity contribution in [1.29, 1.82) is 0 Å². The molecule has 0 atom stereocenters. The van der Waals surface area contributed by atoms with Crippen molar-refractivity contribution in [2.45, 2.75) is 32.9 Å². The zero-order valence-corrected chi connectivity index (χ0v) is 12.5. The zero-order valence-electron chi connectivity index (χ0n) is 10.9. The van der Waals surface area contributed by atoms with Crippen molar-refractivity contribution in [2.75, 3.05) is 0 Å². The van der Waals surface area contributed by atoms with Crippen molar-refractivity contribution in [2.24, 2.45) is 0 Å². The van der Waals surface area contributed by atoms with E-state index in [4.69, 9.17) is 0 Å². The van der Waals surface area contributed by atoms with E-state index in [2.05, 4.69) is 65.3 Å². The van der Waals surface area contributed by atoms with E-state index < -0.39 is 0 Å². The molecule has 1 aromatic carbocycles. The molecule has 0 unspecified atom stereocenters. The quantitative estimate of drug-likeness (QED) is 0.940. The fraction of sp³-hybridized carbons (Fsp3) is 0.357. The van der Waals surface area contributed by atoms with E-state index in [-0.39, 0.29) is 5.54 Å². The van der Waals surface area contributed by atoms with Gasteiger partial charge in [-0.3, -0.25) is 0 Å². The van der Waals surface area contributed by atoms with E-state index in [0.717, 1.165) is 16.7 Å². The van der Waals surface area contributed by atoms with Gasteiger partial charge in [-0.2, -0.15) is 5.10 Å². The van der Waals surface area contributed by atoms with Gasteiger partial charge in [0.05, 0.1) is 5.69 Å². The van der Waals surface area contributed by atoms with Crippen LogP contribution in [0.15, 0.2) is 41.1 Å². The molecule has 4 heteroatoms. The maximum Gasteiger partial charge on any atom is 0.0701 e. The van der Waals surface area contributed by atoms with E-state index in [9.17, 15) is 0 Å². The molecule has 1 aromatic heterocycles. The predicted molar refractivity (Wildman–Crippen MR) is 77.9 cm³/mol. The van der Waals surface area contributed by atoms with Gasteiger partial charge in [0.2, 0.25) is 0 Å². The van der Waals surface area contributed by atoms with E-state index in [1.807, 2.05) is 16.9 Å². The molecule has 0 aliphatic rings. The molecule has 0 radical (unpaired) electrons. The molecule has 0 bridgehead atoms. The van der Waals surface area contributed by atoms with Gasteiger partial charge in [-0.15, -0.1) is 0 Å². The highest BCUT2D eigenvalue weighted by atomic mass is 79.9. The van der Waals surface area contributed by atoms with Crippen LogP contribution < -0.4 is 5.32 Å². The van der Waals surface area contributed by atoms with Crippen molar-refractivity contribution < 1.29 is 0 Å². The topological polar surface area (TPSA) is 29.9 Å². The fourth-order valence-corrected chi connectivity index (χ4v) is 2.02. The Morgan fingerprint density at radius 3 is 2.72 bits per heavy atom. The molecule has 0 saturated heterocycles. The maximum absolute atomic E-state index is 4.30. The molecule has 3 nitrogen and oxygen atoms in total. The molecule has 0 amide bonds. The van der Waals surface area contributed by atoms with Gasteiger partial charge in [0.25, 0.3) is 0 Å². The van der Waals surface area contributed by atoms with E-state index in [1.54, 1.807) is 6.20 Å². The Morgan fingerprint density at radius 2 is 2.11 bits per heavy atom. The van der Waals surface area contributed by atoms with Crippen LogP contribution in [0.3, 0.4) is 0 Å². The summed E-state index contributed by atoms with van der Waals surface area (Å²) in [5.74, 6) is 0. The lowest BCUT2D eigenvalue weighted by atomic mass is 10.1. The first-order valence-electron chi connectivity index (χ1n) is 5.99. The number of hydrogen-bond acceptors (Lipinski definition) is 2. The molecule has 0 aliphatic heterocycles. The van der Waals surface area contributed by atoms with Crippen LogP contribution in [-0.4, -0.2) is 15.3 Å². The molecular formula is C14H18BrN3. The van der Waals surface area contributed by atoms with Gasteiger partial charge >= 0.3 is 0 Å². The van der Waals surface area contributed by atoms with Gasteiger partial charge in [-0.05, 0) is 44.5 Å². The lowest BCUT2D eigenvalue weighted by Crippen LogP contribution is -2.35. The number of nitrogens with one attached hydrogen (secondary N) is 1. The summed E-state index contributed by atoms with van der Waals surface area (Å²) in [6.45, 7) is 7.32. The van der Waals surface area contributed by atoms with Crippen LogP contribution in [0.5, 0.6) is 0 Å². The number of aromatic nitrogens is 2. The number of halogens is 1. The van der Waals surface area contributed by atoms with Crippen molar-refractivity contribution >= 4 is 15.9 Å².